The van der Waals surface area contributed by atoms with Gasteiger partial charge in [-0.15, -0.1) is 0 Å². The molecule has 1 amide bonds. The summed E-state index contributed by atoms with van der Waals surface area (Å²) in [6, 6.07) is 14.1. The topological polar surface area (TPSA) is 71.3 Å². The molecule has 3 aromatic rings. The normalized spacial score (nSPS) is 18.0. The zero-order valence-corrected chi connectivity index (χ0v) is 17.8. The summed E-state index contributed by atoms with van der Waals surface area (Å²) in [5, 5.41) is 7.17. The van der Waals surface area contributed by atoms with E-state index in [4.69, 9.17) is 4.52 Å². The number of hydrogen-bond acceptors (Lipinski definition) is 5. The Labute approximate surface area is 181 Å². The predicted octanol–water partition coefficient (Wildman–Crippen LogP) is 4.27. The highest BCUT2D eigenvalue weighted by Crippen LogP contribution is 2.22. The van der Waals surface area contributed by atoms with Crippen LogP contribution < -0.4 is 5.32 Å². The van der Waals surface area contributed by atoms with E-state index in [0.717, 1.165) is 36.1 Å². The lowest BCUT2D eigenvalue weighted by atomic mass is 9.96. The molecule has 2 atom stereocenters. The van der Waals surface area contributed by atoms with Crippen molar-refractivity contribution >= 4 is 5.91 Å². The van der Waals surface area contributed by atoms with Gasteiger partial charge in [0.1, 0.15) is 5.82 Å². The standard InChI is InChI=1S/C24H27FN4O2/c1-16-5-3-6-19(13-16)23-27-22(31-28-23)15-29-12-4-7-20(14-29)24(30)26-17(2)18-8-10-21(25)11-9-18/h3,5-6,8-11,13,17,20H,4,7,12,14-15H2,1-2H3,(H,26,30). The number of nitrogens with zero attached hydrogens (tertiary/aromatic N) is 3. The second kappa shape index (κ2) is 9.39. The molecule has 1 aromatic heterocycles. The van der Waals surface area contributed by atoms with Gasteiger partial charge in [-0.1, -0.05) is 41.1 Å². The van der Waals surface area contributed by atoms with Crippen LogP contribution >= 0.6 is 0 Å². The molecule has 1 aliphatic rings. The van der Waals surface area contributed by atoms with Gasteiger partial charge in [0, 0.05) is 12.1 Å². The molecule has 31 heavy (non-hydrogen) atoms. The zero-order chi connectivity index (χ0) is 21.8. The molecular formula is C24H27FN4O2. The molecule has 2 heterocycles. The van der Waals surface area contributed by atoms with Crippen molar-refractivity contribution in [3.63, 3.8) is 0 Å². The fourth-order valence-electron chi connectivity index (χ4n) is 3.99. The molecule has 2 aromatic carbocycles. The predicted molar refractivity (Wildman–Crippen MR) is 115 cm³/mol. The lowest BCUT2D eigenvalue weighted by molar-refractivity contribution is -0.127. The number of piperidine rings is 1. The molecule has 1 fully saturated rings. The summed E-state index contributed by atoms with van der Waals surface area (Å²) in [6.45, 7) is 6.00. The van der Waals surface area contributed by atoms with Gasteiger partial charge in [-0.05, 0) is 57.0 Å². The lowest BCUT2D eigenvalue weighted by Gasteiger charge is -2.31. The fourth-order valence-corrected chi connectivity index (χ4v) is 3.99. The van der Waals surface area contributed by atoms with Gasteiger partial charge < -0.3 is 9.84 Å². The minimum absolute atomic E-state index is 0.0208. The van der Waals surface area contributed by atoms with E-state index in [2.05, 4.69) is 20.4 Å². The Bertz CT molecular complexity index is 1030. The van der Waals surface area contributed by atoms with Crippen molar-refractivity contribution in [1.82, 2.24) is 20.4 Å². The van der Waals surface area contributed by atoms with Crippen LogP contribution in [0.2, 0.25) is 0 Å². The summed E-state index contributed by atoms with van der Waals surface area (Å²) in [4.78, 5) is 19.5. The van der Waals surface area contributed by atoms with Crippen LogP contribution in [0.5, 0.6) is 0 Å². The van der Waals surface area contributed by atoms with Gasteiger partial charge in [0.25, 0.3) is 0 Å². The van der Waals surface area contributed by atoms with E-state index >= 15 is 0 Å². The molecular weight excluding hydrogens is 395 g/mol. The second-order valence-electron chi connectivity index (χ2n) is 8.24. The number of rotatable bonds is 6. The van der Waals surface area contributed by atoms with E-state index in [0.29, 0.717) is 24.8 Å². The summed E-state index contributed by atoms with van der Waals surface area (Å²) in [5.41, 5.74) is 2.96. The number of carbonyl (C=O) groups is 1. The summed E-state index contributed by atoms with van der Waals surface area (Å²) in [7, 11) is 0. The summed E-state index contributed by atoms with van der Waals surface area (Å²) in [5.74, 6) is 0.774. The molecule has 1 aliphatic heterocycles. The minimum atomic E-state index is -0.281. The maximum Gasteiger partial charge on any atom is 0.241 e. The average molecular weight is 423 g/mol. The van der Waals surface area contributed by atoms with E-state index in [1.165, 1.54) is 12.1 Å². The molecule has 0 bridgehead atoms. The van der Waals surface area contributed by atoms with Gasteiger partial charge in [0.2, 0.25) is 17.6 Å². The largest absolute Gasteiger partial charge is 0.349 e. The summed E-state index contributed by atoms with van der Waals surface area (Å²) >= 11 is 0. The molecule has 0 spiro atoms. The minimum Gasteiger partial charge on any atom is -0.349 e. The van der Waals surface area contributed by atoms with Crippen molar-refractivity contribution in [2.24, 2.45) is 5.92 Å². The molecule has 6 nitrogen and oxygen atoms in total. The highest BCUT2D eigenvalue weighted by Gasteiger charge is 2.27. The Morgan fingerprint density at radius 3 is 2.87 bits per heavy atom. The van der Waals surface area contributed by atoms with E-state index < -0.39 is 0 Å². The molecule has 0 radical (unpaired) electrons. The summed E-state index contributed by atoms with van der Waals surface area (Å²) < 4.78 is 18.6. The summed E-state index contributed by atoms with van der Waals surface area (Å²) in [6.07, 6.45) is 1.78. The van der Waals surface area contributed by atoms with E-state index in [-0.39, 0.29) is 23.7 Å². The molecule has 0 aliphatic carbocycles. The SMILES string of the molecule is Cc1cccc(-c2noc(CN3CCCC(C(=O)NC(C)c4ccc(F)cc4)C3)n2)c1. The molecule has 0 saturated carbocycles. The van der Waals surface area contributed by atoms with E-state index in [1.54, 1.807) is 12.1 Å². The Hall–Kier alpha value is -3.06. The number of amides is 1. The quantitative estimate of drug-likeness (QED) is 0.642. The van der Waals surface area contributed by atoms with Crippen LogP contribution in [0.3, 0.4) is 0 Å². The van der Waals surface area contributed by atoms with E-state index in [1.807, 2.05) is 38.1 Å². The Morgan fingerprint density at radius 1 is 1.29 bits per heavy atom. The third kappa shape index (κ3) is 5.35. The van der Waals surface area contributed by atoms with Crippen LogP contribution in [0.4, 0.5) is 4.39 Å². The van der Waals surface area contributed by atoms with Crippen LogP contribution in [0.1, 0.15) is 42.8 Å². The maximum absolute atomic E-state index is 13.1. The average Bonchev–Trinajstić information content (AvgIpc) is 3.23. The number of hydrogen-bond donors (Lipinski definition) is 1. The number of likely N-dealkylation sites (tertiary alicyclic amines) is 1. The van der Waals surface area contributed by atoms with Gasteiger partial charge in [-0.3, -0.25) is 9.69 Å². The number of nitrogens with one attached hydrogen (secondary N) is 1. The van der Waals surface area contributed by atoms with Crippen LogP contribution in [0.15, 0.2) is 53.1 Å². The van der Waals surface area contributed by atoms with Crippen LogP contribution in [-0.2, 0) is 11.3 Å². The van der Waals surface area contributed by atoms with Crippen molar-refractivity contribution in [3.8, 4) is 11.4 Å². The van der Waals surface area contributed by atoms with Gasteiger partial charge in [0.05, 0.1) is 18.5 Å². The molecule has 1 N–H and O–H groups in total. The second-order valence-corrected chi connectivity index (χ2v) is 8.24. The van der Waals surface area contributed by atoms with Crippen LogP contribution in [0.25, 0.3) is 11.4 Å². The first kappa shape index (κ1) is 21.2. The monoisotopic (exact) mass is 422 g/mol. The first-order chi connectivity index (χ1) is 15.0. The van der Waals surface area contributed by atoms with Crippen molar-refractivity contribution in [2.45, 2.75) is 39.3 Å². The Balaban J connectivity index is 1.34. The van der Waals surface area contributed by atoms with Gasteiger partial charge in [-0.2, -0.15) is 4.98 Å². The molecule has 4 rings (SSSR count). The van der Waals surface area contributed by atoms with Crippen LogP contribution in [0, 0.1) is 18.7 Å². The third-order valence-corrected chi connectivity index (χ3v) is 5.71. The lowest BCUT2D eigenvalue weighted by Crippen LogP contribution is -2.43. The number of aryl methyl sites for hydroxylation is 1. The van der Waals surface area contributed by atoms with Crippen molar-refractivity contribution in [1.29, 1.82) is 0 Å². The fraction of sp³-hybridized carbons (Fsp3) is 0.375. The van der Waals surface area contributed by atoms with Crippen molar-refractivity contribution < 1.29 is 13.7 Å². The van der Waals surface area contributed by atoms with Crippen molar-refractivity contribution in [2.75, 3.05) is 13.1 Å². The Morgan fingerprint density at radius 2 is 2.10 bits per heavy atom. The highest BCUT2D eigenvalue weighted by atomic mass is 19.1. The number of aromatic nitrogens is 2. The molecule has 1 saturated heterocycles. The highest BCUT2D eigenvalue weighted by molar-refractivity contribution is 5.79. The van der Waals surface area contributed by atoms with Crippen LogP contribution in [-0.4, -0.2) is 34.0 Å². The molecule has 2 unspecified atom stereocenters. The molecule has 162 valence electrons. The first-order valence-corrected chi connectivity index (χ1v) is 10.7. The third-order valence-electron chi connectivity index (χ3n) is 5.71. The molecule has 7 heteroatoms. The Kier molecular flexibility index (Phi) is 6.42. The number of benzene rings is 2. The number of carbonyl (C=O) groups excluding carboxylic acids is 1. The van der Waals surface area contributed by atoms with E-state index in [9.17, 15) is 9.18 Å². The van der Waals surface area contributed by atoms with Gasteiger partial charge >= 0.3 is 0 Å². The van der Waals surface area contributed by atoms with Gasteiger partial charge in [-0.25, -0.2) is 4.39 Å². The van der Waals surface area contributed by atoms with Gasteiger partial charge in [0.15, 0.2) is 0 Å². The first-order valence-electron chi connectivity index (χ1n) is 10.7. The smallest absolute Gasteiger partial charge is 0.241 e. The number of halogens is 1. The maximum atomic E-state index is 13.1. The van der Waals surface area contributed by atoms with Crippen molar-refractivity contribution in [3.05, 3.63) is 71.4 Å². The zero-order valence-electron chi connectivity index (χ0n) is 17.8.